The number of amidine groups is 1. The van der Waals surface area contributed by atoms with E-state index in [1.54, 1.807) is 11.8 Å². The maximum atomic E-state index is 11.9. The summed E-state index contributed by atoms with van der Waals surface area (Å²) in [5.41, 5.74) is 0.555. The van der Waals surface area contributed by atoms with Crippen LogP contribution in [-0.2, 0) is 20.9 Å². The van der Waals surface area contributed by atoms with Crippen molar-refractivity contribution in [2.45, 2.75) is 31.2 Å². The monoisotopic (exact) mass is 381 g/mol. The van der Waals surface area contributed by atoms with Gasteiger partial charge in [0.05, 0.1) is 12.0 Å². The van der Waals surface area contributed by atoms with Crippen molar-refractivity contribution < 1.29 is 24.0 Å². The van der Waals surface area contributed by atoms with Gasteiger partial charge in [0, 0.05) is 23.9 Å². The Kier molecular flexibility index (Phi) is 6.56. The molecule has 1 aliphatic heterocycles. The number of non-ortho nitro benzene ring substituents is 1. The second kappa shape index (κ2) is 8.65. The molecule has 1 heterocycles. The molecule has 2 atom stereocenters. The van der Waals surface area contributed by atoms with Gasteiger partial charge in [0.25, 0.3) is 5.69 Å². The molecule has 1 fully saturated rings. The van der Waals surface area contributed by atoms with Gasteiger partial charge in [-0.15, -0.1) is 0 Å². The number of carbonyl (C=O) groups excluding carboxylic acids is 2. The Morgan fingerprint density at radius 3 is 2.62 bits per heavy atom. The summed E-state index contributed by atoms with van der Waals surface area (Å²) in [5, 5.41) is 10.6. The zero-order valence-corrected chi connectivity index (χ0v) is 15.2. The van der Waals surface area contributed by atoms with E-state index >= 15 is 0 Å². The second-order valence-electron chi connectivity index (χ2n) is 5.72. The second-order valence-corrected chi connectivity index (χ2v) is 6.45. The van der Waals surface area contributed by atoms with Gasteiger partial charge in [-0.1, -0.05) is 0 Å². The van der Waals surface area contributed by atoms with Crippen LogP contribution in [0.5, 0.6) is 0 Å². The maximum absolute atomic E-state index is 11.9. The van der Waals surface area contributed by atoms with Crippen molar-refractivity contribution in [2.24, 2.45) is 4.99 Å². The van der Waals surface area contributed by atoms with Gasteiger partial charge in [-0.3, -0.25) is 10.1 Å². The molecule has 140 valence electrons. The van der Waals surface area contributed by atoms with E-state index in [4.69, 9.17) is 9.47 Å². The van der Waals surface area contributed by atoms with Crippen LogP contribution in [0.3, 0.4) is 0 Å². The summed E-state index contributed by atoms with van der Waals surface area (Å²) >= 11 is 4.37. The van der Waals surface area contributed by atoms with Crippen LogP contribution in [-0.4, -0.2) is 52.7 Å². The first kappa shape index (κ1) is 19.7. The smallest absolute Gasteiger partial charge is 0.435 e. The Hall–Kier alpha value is -2.62. The number of methoxy groups -OCH3 is 1. The number of esters is 1. The summed E-state index contributed by atoms with van der Waals surface area (Å²) in [6, 6.07) is 5.13. The number of thiol groups is 1. The molecule has 1 aromatic carbocycles. The van der Waals surface area contributed by atoms with Crippen molar-refractivity contribution in [1.82, 2.24) is 4.90 Å². The number of benzene rings is 1. The number of carbonyl (C=O) groups is 2. The van der Waals surface area contributed by atoms with Crippen LogP contribution in [0.2, 0.25) is 0 Å². The van der Waals surface area contributed by atoms with E-state index in [-0.39, 0.29) is 17.5 Å². The number of nitrogens with zero attached hydrogens (tertiary/aromatic N) is 3. The van der Waals surface area contributed by atoms with Gasteiger partial charge in [0.15, 0.2) is 0 Å². The molecule has 1 saturated heterocycles. The molecule has 0 unspecified atom stereocenters. The average molecular weight is 381 g/mol. The van der Waals surface area contributed by atoms with Crippen LogP contribution in [0.25, 0.3) is 0 Å². The van der Waals surface area contributed by atoms with E-state index in [0.717, 1.165) is 0 Å². The minimum atomic E-state index is -0.813. The minimum Gasteiger partial charge on any atom is -0.467 e. The molecular formula is C16H19N3O6S. The zero-order valence-electron chi connectivity index (χ0n) is 14.3. The molecule has 1 aromatic rings. The van der Waals surface area contributed by atoms with Crippen LogP contribution in [0.1, 0.15) is 18.9 Å². The Labute approximate surface area is 155 Å². The van der Waals surface area contributed by atoms with Crippen LogP contribution < -0.4 is 0 Å². The molecular weight excluding hydrogens is 362 g/mol. The lowest BCUT2D eigenvalue weighted by atomic mass is 10.2. The Morgan fingerprint density at radius 2 is 2.04 bits per heavy atom. The highest BCUT2D eigenvalue weighted by molar-refractivity contribution is 7.81. The summed E-state index contributed by atoms with van der Waals surface area (Å²) in [6.07, 6.45) is -0.312. The predicted molar refractivity (Wildman–Crippen MR) is 96.3 cm³/mol. The number of hydrogen-bond donors (Lipinski definition) is 1. The van der Waals surface area contributed by atoms with E-state index < -0.39 is 23.0 Å². The highest BCUT2D eigenvalue weighted by atomic mass is 32.1. The topological polar surface area (TPSA) is 111 Å². The molecule has 0 spiro atoms. The third-order valence-electron chi connectivity index (χ3n) is 3.93. The first-order chi connectivity index (χ1) is 12.3. The van der Waals surface area contributed by atoms with E-state index in [0.29, 0.717) is 24.4 Å². The molecule has 1 aliphatic rings. The highest BCUT2D eigenvalue weighted by Crippen LogP contribution is 2.23. The Bertz CT molecular complexity index is 721. The first-order valence-electron chi connectivity index (χ1n) is 7.79. The molecule has 0 bridgehead atoms. The fourth-order valence-electron chi connectivity index (χ4n) is 2.62. The summed E-state index contributed by atoms with van der Waals surface area (Å²) in [4.78, 5) is 39.3. The van der Waals surface area contributed by atoms with Crippen LogP contribution >= 0.6 is 12.6 Å². The largest absolute Gasteiger partial charge is 0.467 e. The third-order valence-corrected chi connectivity index (χ3v) is 4.30. The van der Waals surface area contributed by atoms with E-state index in [1.807, 2.05) is 0 Å². The average Bonchev–Trinajstić information content (AvgIpc) is 3.01. The normalized spacial score (nSPS) is 20.0. The lowest BCUT2D eigenvalue weighted by Crippen LogP contribution is -2.40. The van der Waals surface area contributed by atoms with Crippen LogP contribution in [0, 0.1) is 10.1 Å². The lowest BCUT2D eigenvalue weighted by molar-refractivity contribution is -0.384. The number of aliphatic imine (C=N–C) groups is 1. The van der Waals surface area contributed by atoms with Crippen LogP contribution in [0.15, 0.2) is 29.3 Å². The van der Waals surface area contributed by atoms with Gasteiger partial charge < -0.3 is 14.4 Å². The summed E-state index contributed by atoms with van der Waals surface area (Å²) in [7, 11) is 1.30. The number of ether oxygens (including phenoxy) is 2. The SMILES string of the molecule is COC(=O)[C@@H]1C[C@H](S)CN1C(C)=NC(=O)OCc1ccc([N+](=O)[O-])cc1. The summed E-state index contributed by atoms with van der Waals surface area (Å²) < 4.78 is 9.82. The number of likely N-dealkylation sites (tertiary alicyclic amines) is 1. The van der Waals surface area contributed by atoms with Crippen molar-refractivity contribution >= 4 is 36.2 Å². The van der Waals surface area contributed by atoms with Crippen molar-refractivity contribution in [2.75, 3.05) is 13.7 Å². The van der Waals surface area contributed by atoms with Gasteiger partial charge in [0.2, 0.25) is 0 Å². The number of amides is 1. The van der Waals surface area contributed by atoms with Crippen LogP contribution in [0.4, 0.5) is 10.5 Å². The molecule has 0 saturated carbocycles. The van der Waals surface area contributed by atoms with Crippen molar-refractivity contribution in [3.8, 4) is 0 Å². The van der Waals surface area contributed by atoms with Gasteiger partial charge in [-0.25, -0.2) is 9.59 Å². The standard InChI is InChI=1S/C16H19N3O6S/c1-10(18-8-13(26)7-14(18)15(20)24-2)17-16(21)25-9-11-3-5-12(6-4-11)19(22)23/h3-6,13-14,26H,7-9H2,1-2H3/t13-,14-/m0/s1. The van der Waals surface area contributed by atoms with Crippen molar-refractivity contribution in [3.63, 3.8) is 0 Å². The predicted octanol–water partition coefficient (Wildman–Crippen LogP) is 2.20. The molecule has 0 aliphatic carbocycles. The molecule has 26 heavy (non-hydrogen) atoms. The fourth-order valence-corrected chi connectivity index (χ4v) is 2.99. The van der Waals surface area contributed by atoms with E-state index in [1.165, 1.54) is 31.4 Å². The molecule has 10 heteroatoms. The molecule has 0 N–H and O–H groups in total. The maximum Gasteiger partial charge on any atom is 0.435 e. The third kappa shape index (κ3) is 4.94. The molecule has 0 radical (unpaired) electrons. The van der Waals surface area contributed by atoms with Gasteiger partial charge in [-0.2, -0.15) is 17.6 Å². The number of nitro groups is 1. The van der Waals surface area contributed by atoms with E-state index in [9.17, 15) is 19.7 Å². The lowest BCUT2D eigenvalue weighted by Gasteiger charge is -2.23. The number of hydrogen-bond acceptors (Lipinski definition) is 7. The highest BCUT2D eigenvalue weighted by Gasteiger charge is 2.37. The van der Waals surface area contributed by atoms with Crippen molar-refractivity contribution in [1.29, 1.82) is 0 Å². The Balaban J connectivity index is 1.96. The Morgan fingerprint density at radius 1 is 1.38 bits per heavy atom. The van der Waals surface area contributed by atoms with E-state index in [2.05, 4.69) is 17.6 Å². The summed E-state index contributed by atoms with van der Waals surface area (Å²) in [5.74, 6) is -0.0685. The number of nitro benzene ring substituents is 1. The molecule has 0 aromatic heterocycles. The first-order valence-corrected chi connectivity index (χ1v) is 8.31. The van der Waals surface area contributed by atoms with Gasteiger partial charge in [-0.05, 0) is 31.0 Å². The number of rotatable bonds is 4. The minimum absolute atomic E-state index is 0.0274. The van der Waals surface area contributed by atoms with Gasteiger partial charge >= 0.3 is 12.1 Å². The zero-order chi connectivity index (χ0) is 19.3. The fraction of sp³-hybridized carbons (Fsp3) is 0.438. The summed E-state index contributed by atoms with van der Waals surface area (Å²) in [6.45, 7) is 2.01. The van der Waals surface area contributed by atoms with Gasteiger partial charge in [0.1, 0.15) is 18.5 Å². The molecule has 2 rings (SSSR count). The molecule has 1 amide bonds. The molecule has 9 nitrogen and oxygen atoms in total. The van der Waals surface area contributed by atoms with Crippen molar-refractivity contribution in [3.05, 3.63) is 39.9 Å². The quantitative estimate of drug-likeness (QED) is 0.212.